The number of nitrogens with zero attached hydrogens (tertiary/aromatic N) is 2. The van der Waals surface area contributed by atoms with Gasteiger partial charge in [-0.15, -0.1) is 0 Å². The van der Waals surface area contributed by atoms with Gasteiger partial charge in [-0.1, -0.05) is 54.6 Å². The highest BCUT2D eigenvalue weighted by Crippen LogP contribution is 2.23. The molecule has 3 aromatic rings. The van der Waals surface area contributed by atoms with Crippen molar-refractivity contribution in [3.8, 4) is 5.75 Å². The number of rotatable bonds is 7. The van der Waals surface area contributed by atoms with E-state index >= 15 is 0 Å². The number of nitro groups is 1. The summed E-state index contributed by atoms with van der Waals surface area (Å²) in [5, 5.41) is 15.1. The second-order valence-corrected chi connectivity index (χ2v) is 5.46. The first-order valence-corrected chi connectivity index (χ1v) is 8.02. The molecule has 0 aromatic heterocycles. The molecule has 6 nitrogen and oxygen atoms in total. The molecule has 0 radical (unpaired) electrons. The molecule has 0 saturated heterocycles. The van der Waals surface area contributed by atoms with Gasteiger partial charge >= 0.3 is 0 Å². The predicted octanol–water partition coefficient (Wildman–Crippen LogP) is 4.62. The number of hydrazone groups is 1. The summed E-state index contributed by atoms with van der Waals surface area (Å²) in [6.07, 6.45) is 1.58. The molecule has 3 aromatic carbocycles. The number of nitrogens with one attached hydrogen (secondary N) is 1. The highest BCUT2D eigenvalue weighted by molar-refractivity contribution is 5.84. The normalized spacial score (nSPS) is 10.6. The van der Waals surface area contributed by atoms with Crippen molar-refractivity contribution in [1.82, 2.24) is 0 Å². The summed E-state index contributed by atoms with van der Waals surface area (Å²) in [4.78, 5) is 10.6. The van der Waals surface area contributed by atoms with Gasteiger partial charge in [-0.3, -0.25) is 15.5 Å². The number of nitro benzene ring substituents is 1. The predicted molar refractivity (Wildman–Crippen MR) is 102 cm³/mol. The van der Waals surface area contributed by atoms with Gasteiger partial charge in [-0.2, -0.15) is 5.10 Å². The largest absolute Gasteiger partial charge is 0.488 e. The van der Waals surface area contributed by atoms with Crippen LogP contribution in [0.2, 0.25) is 0 Å². The number of hydrogen-bond donors (Lipinski definition) is 1. The summed E-state index contributed by atoms with van der Waals surface area (Å²) in [6.45, 7) is 0.448. The van der Waals surface area contributed by atoms with Crippen molar-refractivity contribution < 1.29 is 9.66 Å². The van der Waals surface area contributed by atoms with E-state index in [2.05, 4.69) is 10.5 Å². The van der Waals surface area contributed by atoms with Gasteiger partial charge in [0.2, 0.25) is 0 Å². The average Bonchev–Trinajstić information content (AvgIpc) is 2.68. The first-order valence-electron chi connectivity index (χ1n) is 8.02. The summed E-state index contributed by atoms with van der Waals surface area (Å²) < 4.78 is 5.86. The second-order valence-electron chi connectivity index (χ2n) is 5.46. The van der Waals surface area contributed by atoms with Gasteiger partial charge in [0.05, 0.1) is 11.1 Å². The first-order chi connectivity index (χ1) is 12.7. The lowest BCUT2D eigenvalue weighted by atomic mass is 10.2. The Morgan fingerprint density at radius 3 is 2.46 bits per heavy atom. The molecule has 0 aliphatic carbocycles. The molecule has 6 heteroatoms. The molecular formula is C20H17N3O3. The molecule has 26 heavy (non-hydrogen) atoms. The average molecular weight is 347 g/mol. The molecule has 0 amide bonds. The fourth-order valence-corrected chi connectivity index (χ4v) is 2.35. The first kappa shape index (κ1) is 17.2. The molecule has 0 spiro atoms. The minimum absolute atomic E-state index is 0.0294. The van der Waals surface area contributed by atoms with E-state index in [1.807, 2.05) is 54.6 Å². The van der Waals surface area contributed by atoms with E-state index in [9.17, 15) is 10.1 Å². The Morgan fingerprint density at radius 1 is 0.962 bits per heavy atom. The molecule has 130 valence electrons. The van der Waals surface area contributed by atoms with E-state index in [0.29, 0.717) is 18.0 Å². The third-order valence-corrected chi connectivity index (χ3v) is 3.65. The van der Waals surface area contributed by atoms with Crippen LogP contribution in [0.1, 0.15) is 11.1 Å². The Morgan fingerprint density at radius 2 is 1.65 bits per heavy atom. The Balaban J connectivity index is 1.70. The maximum atomic E-state index is 11.0. The zero-order valence-electron chi connectivity index (χ0n) is 13.9. The van der Waals surface area contributed by atoms with Crippen LogP contribution >= 0.6 is 0 Å². The van der Waals surface area contributed by atoms with Crippen molar-refractivity contribution in [2.24, 2.45) is 5.10 Å². The molecule has 1 N–H and O–H groups in total. The summed E-state index contributed by atoms with van der Waals surface area (Å²) in [5.74, 6) is 0.685. The molecular weight excluding hydrogens is 330 g/mol. The van der Waals surface area contributed by atoms with Crippen LogP contribution < -0.4 is 10.2 Å². The monoisotopic (exact) mass is 347 g/mol. The van der Waals surface area contributed by atoms with Crippen LogP contribution in [0.15, 0.2) is 84.0 Å². The molecule has 0 saturated carbocycles. The Kier molecular flexibility index (Phi) is 5.57. The summed E-state index contributed by atoms with van der Waals surface area (Å²) in [5.41, 5.74) is 4.86. The lowest BCUT2D eigenvalue weighted by Gasteiger charge is -2.09. The fourth-order valence-electron chi connectivity index (χ4n) is 2.35. The van der Waals surface area contributed by atoms with Crippen LogP contribution in [0.5, 0.6) is 5.75 Å². The molecule has 0 aliphatic rings. The van der Waals surface area contributed by atoms with E-state index in [1.54, 1.807) is 24.4 Å². The SMILES string of the molecule is O=[N+]([O-])c1ccccc1NN=Cc1ccccc1OCc1ccccc1. The van der Waals surface area contributed by atoms with E-state index in [1.165, 1.54) is 6.07 Å². The van der Waals surface area contributed by atoms with E-state index in [0.717, 1.165) is 11.1 Å². The number of hydrogen-bond acceptors (Lipinski definition) is 5. The van der Waals surface area contributed by atoms with Crippen molar-refractivity contribution >= 4 is 17.6 Å². The quantitative estimate of drug-likeness (QED) is 0.384. The van der Waals surface area contributed by atoms with Gasteiger partial charge in [0.1, 0.15) is 18.0 Å². The highest BCUT2D eigenvalue weighted by Gasteiger charge is 2.11. The second kappa shape index (κ2) is 8.43. The third kappa shape index (κ3) is 4.45. The summed E-state index contributed by atoms with van der Waals surface area (Å²) in [6, 6.07) is 23.7. The van der Waals surface area contributed by atoms with E-state index in [-0.39, 0.29) is 5.69 Å². The van der Waals surface area contributed by atoms with Gasteiger partial charge in [0, 0.05) is 11.6 Å². The fraction of sp³-hybridized carbons (Fsp3) is 0.0500. The number of anilines is 1. The molecule has 0 atom stereocenters. The number of benzene rings is 3. The molecule has 0 aliphatic heterocycles. The maximum Gasteiger partial charge on any atom is 0.294 e. The van der Waals surface area contributed by atoms with Crippen molar-refractivity contribution in [2.75, 3.05) is 5.43 Å². The zero-order valence-corrected chi connectivity index (χ0v) is 13.9. The van der Waals surface area contributed by atoms with Crippen LogP contribution in [0, 0.1) is 10.1 Å². The van der Waals surface area contributed by atoms with Crippen LogP contribution in [0.4, 0.5) is 11.4 Å². The van der Waals surface area contributed by atoms with Gasteiger partial charge in [0.15, 0.2) is 0 Å². The van der Waals surface area contributed by atoms with Crippen LogP contribution in [-0.2, 0) is 6.61 Å². The Bertz CT molecular complexity index is 911. The molecule has 0 unspecified atom stereocenters. The van der Waals surface area contributed by atoms with Crippen molar-refractivity contribution in [3.05, 3.63) is 100 Å². The summed E-state index contributed by atoms with van der Waals surface area (Å²) in [7, 11) is 0. The zero-order chi connectivity index (χ0) is 18.2. The molecule has 0 heterocycles. The van der Waals surface area contributed by atoms with E-state index in [4.69, 9.17) is 4.74 Å². The van der Waals surface area contributed by atoms with Gasteiger partial charge in [-0.05, 0) is 23.8 Å². The lowest BCUT2D eigenvalue weighted by molar-refractivity contribution is -0.384. The minimum Gasteiger partial charge on any atom is -0.488 e. The van der Waals surface area contributed by atoms with Crippen LogP contribution in [0.25, 0.3) is 0 Å². The highest BCUT2D eigenvalue weighted by atomic mass is 16.6. The van der Waals surface area contributed by atoms with Crippen LogP contribution in [-0.4, -0.2) is 11.1 Å². The summed E-state index contributed by atoms with van der Waals surface area (Å²) >= 11 is 0. The van der Waals surface area contributed by atoms with Gasteiger partial charge < -0.3 is 4.74 Å². The Hall–Kier alpha value is -3.67. The van der Waals surface area contributed by atoms with Crippen molar-refractivity contribution in [3.63, 3.8) is 0 Å². The standard InChI is InChI=1S/C20H17N3O3/c24-23(25)19-12-6-5-11-18(19)22-21-14-17-10-4-7-13-20(17)26-15-16-8-2-1-3-9-16/h1-14,22H,15H2. The lowest BCUT2D eigenvalue weighted by Crippen LogP contribution is -1.99. The molecule has 0 fully saturated rings. The van der Waals surface area contributed by atoms with Gasteiger partial charge in [0.25, 0.3) is 5.69 Å². The van der Waals surface area contributed by atoms with Crippen molar-refractivity contribution in [2.45, 2.75) is 6.61 Å². The Labute approximate surface area is 150 Å². The minimum atomic E-state index is -0.450. The molecule has 3 rings (SSSR count). The maximum absolute atomic E-state index is 11.0. The smallest absolute Gasteiger partial charge is 0.294 e. The number of para-hydroxylation sites is 3. The van der Waals surface area contributed by atoms with Crippen molar-refractivity contribution in [1.29, 1.82) is 0 Å². The topological polar surface area (TPSA) is 76.8 Å². The molecule has 0 bridgehead atoms. The van der Waals surface area contributed by atoms with E-state index < -0.39 is 4.92 Å². The third-order valence-electron chi connectivity index (χ3n) is 3.65. The van der Waals surface area contributed by atoms with Gasteiger partial charge in [-0.25, -0.2) is 0 Å². The van der Waals surface area contributed by atoms with Crippen LogP contribution in [0.3, 0.4) is 0 Å². The number of ether oxygens (including phenoxy) is 1.